The van der Waals surface area contributed by atoms with Gasteiger partial charge in [0.05, 0.1) is 0 Å². The van der Waals surface area contributed by atoms with Crippen LogP contribution in [0.5, 0.6) is 0 Å². The first-order valence-electron chi connectivity index (χ1n) is 8.69. The Morgan fingerprint density at radius 2 is 1.95 bits per heavy atom. The Hall–Kier alpha value is -1.32. The van der Waals surface area contributed by atoms with Crippen molar-refractivity contribution in [3.05, 3.63) is 11.9 Å². The molecule has 1 saturated carbocycles. The molecule has 2 aliphatic rings. The fourth-order valence-electron chi connectivity index (χ4n) is 4.18. The van der Waals surface area contributed by atoms with E-state index in [1.807, 2.05) is 0 Å². The third-order valence-corrected chi connectivity index (χ3v) is 5.14. The molecule has 116 valence electrons. The fourth-order valence-corrected chi connectivity index (χ4v) is 4.18. The smallest absolute Gasteiger partial charge is 0.137 e. The summed E-state index contributed by atoms with van der Waals surface area (Å²) in [6.07, 6.45) is 11.0. The molecule has 1 aliphatic carbocycles. The molecule has 0 amide bonds. The Morgan fingerprint density at radius 3 is 2.76 bits per heavy atom. The summed E-state index contributed by atoms with van der Waals surface area (Å²) in [6, 6.07) is 0.710. The van der Waals surface area contributed by atoms with E-state index in [0.29, 0.717) is 6.04 Å². The van der Waals surface area contributed by atoms with Gasteiger partial charge in [-0.25, -0.2) is 9.97 Å². The number of aromatic nitrogens is 2. The predicted octanol–water partition coefficient (Wildman–Crippen LogP) is 3.63. The van der Waals surface area contributed by atoms with Crippen molar-refractivity contribution in [1.82, 2.24) is 9.97 Å². The molecule has 0 bridgehead atoms. The van der Waals surface area contributed by atoms with Crippen LogP contribution in [0.3, 0.4) is 0 Å². The molecule has 4 nitrogen and oxygen atoms in total. The quantitative estimate of drug-likeness (QED) is 0.918. The van der Waals surface area contributed by atoms with Gasteiger partial charge in [-0.15, -0.1) is 0 Å². The minimum Gasteiger partial charge on any atom is -0.370 e. The van der Waals surface area contributed by atoms with Gasteiger partial charge in [0.1, 0.15) is 18.0 Å². The molecule has 4 heteroatoms. The van der Waals surface area contributed by atoms with Crippen molar-refractivity contribution in [2.45, 2.75) is 64.8 Å². The van der Waals surface area contributed by atoms with Crippen molar-refractivity contribution in [3.63, 3.8) is 0 Å². The van der Waals surface area contributed by atoms with E-state index >= 15 is 0 Å². The summed E-state index contributed by atoms with van der Waals surface area (Å²) in [7, 11) is 0. The van der Waals surface area contributed by atoms with Crippen LogP contribution in [0.2, 0.25) is 0 Å². The topological polar surface area (TPSA) is 41.1 Å². The second-order valence-corrected chi connectivity index (χ2v) is 6.36. The van der Waals surface area contributed by atoms with Crippen molar-refractivity contribution < 1.29 is 0 Å². The van der Waals surface area contributed by atoms with Gasteiger partial charge in [-0.1, -0.05) is 19.8 Å². The van der Waals surface area contributed by atoms with E-state index in [0.717, 1.165) is 31.2 Å². The number of hydrogen-bond acceptors (Lipinski definition) is 4. The van der Waals surface area contributed by atoms with Gasteiger partial charge in [0.2, 0.25) is 0 Å². The molecule has 1 aromatic heterocycles. The van der Waals surface area contributed by atoms with Gasteiger partial charge in [-0.05, 0) is 44.9 Å². The van der Waals surface area contributed by atoms with Crippen molar-refractivity contribution in [2.24, 2.45) is 5.92 Å². The highest BCUT2D eigenvalue weighted by molar-refractivity contribution is 5.59. The zero-order valence-corrected chi connectivity index (χ0v) is 13.4. The first kappa shape index (κ1) is 14.6. The second-order valence-electron chi connectivity index (χ2n) is 6.36. The SMILES string of the molecule is CCNc1ncnc(N2CCCC3CCCCC32)c1CC. The third kappa shape index (κ3) is 2.85. The van der Waals surface area contributed by atoms with Crippen molar-refractivity contribution in [1.29, 1.82) is 0 Å². The van der Waals surface area contributed by atoms with Crippen molar-refractivity contribution in [3.8, 4) is 0 Å². The molecule has 21 heavy (non-hydrogen) atoms. The normalized spacial score (nSPS) is 25.5. The van der Waals surface area contributed by atoms with Gasteiger partial charge in [0.25, 0.3) is 0 Å². The van der Waals surface area contributed by atoms with Gasteiger partial charge in [-0.2, -0.15) is 0 Å². The standard InChI is InChI=1S/C17H28N4/c1-3-14-16(18-4-2)19-12-20-17(14)21-11-7-9-13-8-5-6-10-15(13)21/h12-13,15H,3-11H2,1-2H3,(H,18,19,20). The van der Waals surface area contributed by atoms with Gasteiger partial charge in [-0.3, -0.25) is 0 Å². The third-order valence-electron chi connectivity index (χ3n) is 5.14. The van der Waals surface area contributed by atoms with E-state index in [4.69, 9.17) is 0 Å². The average molecular weight is 288 g/mol. The Labute approximate surface area is 128 Å². The van der Waals surface area contributed by atoms with Crippen molar-refractivity contribution in [2.75, 3.05) is 23.3 Å². The molecule has 0 radical (unpaired) electrons. The number of anilines is 2. The van der Waals surface area contributed by atoms with Gasteiger partial charge < -0.3 is 10.2 Å². The minimum atomic E-state index is 0.710. The fraction of sp³-hybridized carbons (Fsp3) is 0.765. The molecule has 2 atom stereocenters. The van der Waals surface area contributed by atoms with Crippen LogP contribution in [0.25, 0.3) is 0 Å². The molecule has 2 fully saturated rings. The Bertz CT molecular complexity index is 472. The molecule has 2 heterocycles. The second kappa shape index (κ2) is 6.63. The molecule has 1 aliphatic heterocycles. The summed E-state index contributed by atoms with van der Waals surface area (Å²) in [5.41, 5.74) is 1.30. The molecular formula is C17H28N4. The number of fused-ring (bicyclic) bond motifs is 1. The largest absolute Gasteiger partial charge is 0.370 e. The van der Waals surface area contributed by atoms with Crippen molar-refractivity contribution >= 4 is 11.6 Å². The lowest BCUT2D eigenvalue weighted by atomic mass is 9.78. The van der Waals surface area contributed by atoms with E-state index in [2.05, 4.69) is 34.0 Å². The van der Waals surface area contributed by atoms with Crippen LogP contribution in [-0.4, -0.2) is 29.1 Å². The highest BCUT2D eigenvalue weighted by Gasteiger charge is 2.34. The molecule has 2 unspecified atom stereocenters. The lowest BCUT2D eigenvalue weighted by Gasteiger charge is -2.45. The maximum absolute atomic E-state index is 4.68. The first-order valence-corrected chi connectivity index (χ1v) is 8.69. The summed E-state index contributed by atoms with van der Waals surface area (Å²) in [6.45, 7) is 6.41. The van der Waals surface area contributed by atoms with E-state index in [1.165, 1.54) is 49.9 Å². The van der Waals surface area contributed by atoms with E-state index < -0.39 is 0 Å². The monoisotopic (exact) mass is 288 g/mol. The van der Waals surface area contributed by atoms with Gasteiger partial charge in [0, 0.05) is 24.7 Å². The zero-order valence-electron chi connectivity index (χ0n) is 13.4. The average Bonchev–Trinajstić information content (AvgIpc) is 2.54. The summed E-state index contributed by atoms with van der Waals surface area (Å²) < 4.78 is 0. The maximum Gasteiger partial charge on any atom is 0.137 e. The first-order chi connectivity index (χ1) is 10.3. The zero-order chi connectivity index (χ0) is 14.7. The van der Waals surface area contributed by atoms with Crippen LogP contribution in [0.1, 0.15) is 57.9 Å². The molecule has 1 aromatic rings. The number of rotatable bonds is 4. The van der Waals surface area contributed by atoms with E-state index in [1.54, 1.807) is 6.33 Å². The molecule has 1 N–H and O–H groups in total. The van der Waals surface area contributed by atoms with E-state index in [-0.39, 0.29) is 0 Å². The summed E-state index contributed by atoms with van der Waals surface area (Å²) >= 11 is 0. The lowest BCUT2D eigenvalue weighted by molar-refractivity contribution is 0.242. The number of piperidine rings is 1. The Balaban J connectivity index is 1.92. The number of hydrogen-bond donors (Lipinski definition) is 1. The summed E-state index contributed by atoms with van der Waals surface area (Å²) in [5, 5.41) is 3.40. The van der Waals surface area contributed by atoms with Gasteiger partial charge in [0.15, 0.2) is 0 Å². The molecule has 0 spiro atoms. The van der Waals surface area contributed by atoms with Gasteiger partial charge >= 0.3 is 0 Å². The highest BCUT2D eigenvalue weighted by Crippen LogP contribution is 2.38. The minimum absolute atomic E-state index is 0.710. The molecule has 1 saturated heterocycles. The van der Waals surface area contributed by atoms with E-state index in [9.17, 15) is 0 Å². The van der Waals surface area contributed by atoms with Crippen LogP contribution < -0.4 is 10.2 Å². The van der Waals surface area contributed by atoms with Crippen LogP contribution in [0, 0.1) is 5.92 Å². The van der Waals surface area contributed by atoms with Crippen LogP contribution >= 0.6 is 0 Å². The van der Waals surface area contributed by atoms with Crippen LogP contribution in [-0.2, 0) is 6.42 Å². The lowest BCUT2D eigenvalue weighted by Crippen LogP contribution is -2.47. The molecule has 0 aromatic carbocycles. The Morgan fingerprint density at radius 1 is 1.14 bits per heavy atom. The molecule has 3 rings (SSSR count). The number of nitrogens with one attached hydrogen (secondary N) is 1. The summed E-state index contributed by atoms with van der Waals surface area (Å²) in [4.78, 5) is 11.7. The predicted molar refractivity (Wildman–Crippen MR) is 87.9 cm³/mol. The maximum atomic E-state index is 4.68. The number of nitrogens with zero attached hydrogens (tertiary/aromatic N) is 3. The molecular weight excluding hydrogens is 260 g/mol. The summed E-state index contributed by atoms with van der Waals surface area (Å²) in [5.74, 6) is 3.11. The highest BCUT2D eigenvalue weighted by atomic mass is 15.2. The van der Waals surface area contributed by atoms with Crippen LogP contribution in [0.15, 0.2) is 6.33 Å². The Kier molecular flexibility index (Phi) is 4.61. The van der Waals surface area contributed by atoms with Crippen LogP contribution in [0.4, 0.5) is 11.6 Å².